The van der Waals surface area contributed by atoms with E-state index in [1.165, 1.54) is 23.9 Å². The number of nitrogens with zero attached hydrogens (tertiary/aromatic N) is 1. The van der Waals surface area contributed by atoms with Gasteiger partial charge in [0.1, 0.15) is 11.4 Å². The van der Waals surface area contributed by atoms with Gasteiger partial charge in [0.25, 0.3) is 0 Å². The number of aromatic nitrogens is 2. The van der Waals surface area contributed by atoms with Crippen molar-refractivity contribution in [3.8, 4) is 11.3 Å². The number of esters is 1. The summed E-state index contributed by atoms with van der Waals surface area (Å²) >= 11 is 1.27. The van der Waals surface area contributed by atoms with Crippen LogP contribution in [0.3, 0.4) is 0 Å². The van der Waals surface area contributed by atoms with Crippen LogP contribution in [-0.2, 0) is 9.53 Å². The number of ether oxygens (including phenoxy) is 1. The average Bonchev–Trinajstić information content (AvgIpc) is 2.84. The van der Waals surface area contributed by atoms with Gasteiger partial charge in [0, 0.05) is 0 Å². The Labute approximate surface area is 127 Å². The zero-order chi connectivity index (χ0) is 15.5. The zero-order valence-electron chi connectivity index (χ0n) is 12.1. The number of thioether (sulfide) groups is 1. The quantitative estimate of drug-likeness (QED) is 0.692. The first-order valence-corrected chi connectivity index (χ1v) is 7.48. The number of carbonyl (C=O) groups is 1. The van der Waals surface area contributed by atoms with Crippen molar-refractivity contribution >= 4 is 17.7 Å². The maximum Gasteiger partial charge on any atom is 0.316 e. The fourth-order valence-corrected chi connectivity index (χ4v) is 2.27. The molecule has 0 aliphatic heterocycles. The third-order valence-corrected chi connectivity index (χ3v) is 3.32. The highest BCUT2D eigenvalue weighted by atomic mass is 32.2. The van der Waals surface area contributed by atoms with Gasteiger partial charge in [-0.1, -0.05) is 11.8 Å². The van der Waals surface area contributed by atoms with Gasteiger partial charge in [0.05, 0.1) is 17.6 Å². The van der Waals surface area contributed by atoms with Crippen molar-refractivity contribution in [2.24, 2.45) is 0 Å². The molecule has 6 heteroatoms. The average molecular weight is 308 g/mol. The summed E-state index contributed by atoms with van der Waals surface area (Å²) in [5.41, 5.74) is 1.13. The van der Waals surface area contributed by atoms with Crippen LogP contribution in [0.15, 0.2) is 35.6 Å². The van der Waals surface area contributed by atoms with E-state index in [0.717, 1.165) is 11.3 Å². The van der Waals surface area contributed by atoms with E-state index in [1.807, 2.05) is 20.8 Å². The number of hydrogen-bond donors (Lipinski definition) is 1. The van der Waals surface area contributed by atoms with Gasteiger partial charge in [-0.05, 0) is 50.6 Å². The molecule has 2 aromatic rings. The second kappa shape index (κ2) is 6.30. The molecule has 1 N–H and O–H groups in total. The Morgan fingerprint density at radius 3 is 2.62 bits per heavy atom. The molecule has 0 saturated carbocycles. The molecule has 0 spiro atoms. The van der Waals surface area contributed by atoms with E-state index in [9.17, 15) is 9.18 Å². The molecule has 1 heterocycles. The Balaban J connectivity index is 1.94. The van der Waals surface area contributed by atoms with Gasteiger partial charge in [-0.2, -0.15) is 0 Å². The predicted octanol–water partition coefficient (Wildman–Crippen LogP) is 3.65. The summed E-state index contributed by atoms with van der Waals surface area (Å²) < 4.78 is 18.1. The third kappa shape index (κ3) is 4.90. The van der Waals surface area contributed by atoms with E-state index in [-0.39, 0.29) is 17.5 Å². The van der Waals surface area contributed by atoms with E-state index in [4.69, 9.17) is 4.74 Å². The van der Waals surface area contributed by atoms with Crippen molar-refractivity contribution in [1.29, 1.82) is 0 Å². The minimum absolute atomic E-state index is 0.188. The molecular weight excluding hydrogens is 291 g/mol. The molecule has 0 radical (unpaired) electrons. The summed E-state index contributed by atoms with van der Waals surface area (Å²) in [6, 6.07) is 6.13. The lowest BCUT2D eigenvalue weighted by Gasteiger charge is -2.18. The minimum Gasteiger partial charge on any atom is -0.459 e. The van der Waals surface area contributed by atoms with Crippen molar-refractivity contribution in [1.82, 2.24) is 9.97 Å². The van der Waals surface area contributed by atoms with Crippen LogP contribution in [-0.4, -0.2) is 27.3 Å². The Hall–Kier alpha value is -1.82. The molecule has 0 aliphatic rings. The summed E-state index contributed by atoms with van der Waals surface area (Å²) in [5.74, 6) is -0.377. The molecular formula is C15H17FN2O2S. The summed E-state index contributed by atoms with van der Waals surface area (Å²) in [7, 11) is 0. The molecule has 112 valence electrons. The van der Waals surface area contributed by atoms with Crippen molar-refractivity contribution < 1.29 is 13.9 Å². The maximum atomic E-state index is 12.9. The number of aromatic amines is 1. The number of nitrogens with one attached hydrogen (secondary N) is 1. The summed E-state index contributed by atoms with van der Waals surface area (Å²) in [6.07, 6.45) is 1.66. The van der Waals surface area contributed by atoms with E-state index in [1.54, 1.807) is 18.3 Å². The van der Waals surface area contributed by atoms with Crippen LogP contribution in [0.2, 0.25) is 0 Å². The number of imidazole rings is 1. The molecule has 0 aliphatic carbocycles. The van der Waals surface area contributed by atoms with Crippen LogP contribution in [0.1, 0.15) is 20.8 Å². The molecule has 0 amide bonds. The number of rotatable bonds is 4. The first-order chi connectivity index (χ1) is 9.83. The lowest BCUT2D eigenvalue weighted by Crippen LogP contribution is -2.24. The fraction of sp³-hybridized carbons (Fsp3) is 0.333. The molecule has 4 nitrogen and oxygen atoms in total. The topological polar surface area (TPSA) is 55.0 Å². The number of halogens is 1. The first-order valence-electron chi connectivity index (χ1n) is 6.49. The summed E-state index contributed by atoms with van der Waals surface area (Å²) in [5, 5.41) is 0.625. The molecule has 0 bridgehead atoms. The van der Waals surface area contributed by atoms with E-state index in [2.05, 4.69) is 9.97 Å². The molecule has 0 unspecified atom stereocenters. The highest BCUT2D eigenvalue weighted by Gasteiger charge is 2.16. The van der Waals surface area contributed by atoms with Crippen LogP contribution < -0.4 is 0 Å². The van der Waals surface area contributed by atoms with Crippen LogP contribution in [0.25, 0.3) is 11.3 Å². The fourth-order valence-electron chi connectivity index (χ4n) is 1.65. The second-order valence-electron chi connectivity index (χ2n) is 5.48. The van der Waals surface area contributed by atoms with Crippen LogP contribution >= 0.6 is 11.8 Å². The van der Waals surface area contributed by atoms with Gasteiger partial charge in [0.15, 0.2) is 5.16 Å². The van der Waals surface area contributed by atoms with Gasteiger partial charge in [0.2, 0.25) is 0 Å². The lowest BCUT2D eigenvalue weighted by atomic mass is 10.2. The first kappa shape index (κ1) is 15.6. The van der Waals surface area contributed by atoms with Gasteiger partial charge < -0.3 is 9.72 Å². The largest absolute Gasteiger partial charge is 0.459 e. The van der Waals surface area contributed by atoms with E-state index in [0.29, 0.717) is 5.16 Å². The second-order valence-corrected chi connectivity index (χ2v) is 6.45. The van der Waals surface area contributed by atoms with Crippen molar-refractivity contribution in [3.05, 3.63) is 36.3 Å². The Morgan fingerprint density at radius 1 is 1.33 bits per heavy atom. The van der Waals surface area contributed by atoms with E-state index < -0.39 is 5.60 Å². The van der Waals surface area contributed by atoms with Crippen molar-refractivity contribution in [3.63, 3.8) is 0 Å². The van der Waals surface area contributed by atoms with Crippen LogP contribution in [0.4, 0.5) is 4.39 Å². The Kier molecular flexibility index (Phi) is 4.67. The van der Waals surface area contributed by atoms with Crippen LogP contribution in [0, 0.1) is 5.82 Å². The van der Waals surface area contributed by atoms with Gasteiger partial charge in [-0.25, -0.2) is 9.37 Å². The number of benzene rings is 1. The molecule has 1 aromatic heterocycles. The zero-order valence-corrected chi connectivity index (χ0v) is 13.0. The van der Waals surface area contributed by atoms with Gasteiger partial charge >= 0.3 is 5.97 Å². The standard InChI is InChI=1S/C15H17FN2O2S/c1-15(2,3)20-13(19)9-21-14-17-8-12(18-14)10-4-6-11(16)7-5-10/h4-8H,9H2,1-3H3,(H,17,18). The number of hydrogen-bond acceptors (Lipinski definition) is 4. The van der Waals surface area contributed by atoms with Crippen molar-refractivity contribution in [2.75, 3.05) is 5.75 Å². The summed E-state index contributed by atoms with van der Waals surface area (Å²) in [6.45, 7) is 5.49. The molecule has 0 fully saturated rings. The van der Waals surface area contributed by atoms with Gasteiger partial charge in [-0.15, -0.1) is 0 Å². The maximum absolute atomic E-state index is 12.9. The summed E-state index contributed by atoms with van der Waals surface area (Å²) in [4.78, 5) is 18.9. The minimum atomic E-state index is -0.486. The Morgan fingerprint density at radius 2 is 2.00 bits per heavy atom. The monoisotopic (exact) mass is 308 g/mol. The highest BCUT2D eigenvalue weighted by molar-refractivity contribution is 7.99. The predicted molar refractivity (Wildman–Crippen MR) is 80.6 cm³/mol. The normalized spacial score (nSPS) is 11.4. The molecule has 21 heavy (non-hydrogen) atoms. The number of H-pyrrole nitrogens is 1. The van der Waals surface area contributed by atoms with E-state index >= 15 is 0 Å². The SMILES string of the molecule is CC(C)(C)OC(=O)CSc1ncc(-c2ccc(F)cc2)[nH]1. The smallest absolute Gasteiger partial charge is 0.316 e. The van der Waals surface area contributed by atoms with Gasteiger partial charge in [-0.3, -0.25) is 4.79 Å². The molecule has 2 rings (SSSR count). The highest BCUT2D eigenvalue weighted by Crippen LogP contribution is 2.22. The molecule has 0 saturated heterocycles. The lowest BCUT2D eigenvalue weighted by molar-refractivity contribution is -0.151. The molecule has 1 aromatic carbocycles. The van der Waals surface area contributed by atoms with Crippen LogP contribution in [0.5, 0.6) is 0 Å². The molecule has 0 atom stereocenters. The third-order valence-electron chi connectivity index (χ3n) is 2.45. The van der Waals surface area contributed by atoms with Crippen molar-refractivity contribution in [2.45, 2.75) is 31.5 Å². The number of carbonyl (C=O) groups excluding carboxylic acids is 1. The Bertz CT molecular complexity index is 617.